The number of nitrogens with zero attached hydrogens (tertiary/aromatic N) is 1. The summed E-state index contributed by atoms with van der Waals surface area (Å²) in [6, 6.07) is 14.0. The third kappa shape index (κ3) is 6.15. The Bertz CT molecular complexity index is 724. The van der Waals surface area contributed by atoms with Gasteiger partial charge in [0.2, 0.25) is 0 Å². The maximum atomic E-state index is 10.7. The first-order chi connectivity index (χ1) is 12.5. The van der Waals surface area contributed by atoms with Crippen LogP contribution < -0.4 is 15.4 Å². The van der Waals surface area contributed by atoms with Crippen LogP contribution in [0.5, 0.6) is 5.75 Å². The molecule has 0 saturated carbocycles. The van der Waals surface area contributed by atoms with Crippen LogP contribution in [-0.2, 0) is 17.8 Å². The number of aryl methyl sites for hydroxylation is 2. The van der Waals surface area contributed by atoms with Crippen molar-refractivity contribution in [3.63, 3.8) is 0 Å². The Morgan fingerprint density at radius 1 is 1.15 bits per heavy atom. The first-order valence-corrected chi connectivity index (χ1v) is 8.26. The summed E-state index contributed by atoms with van der Waals surface area (Å²) in [6.45, 7) is 3.13. The molecule has 0 atom stereocenters. The fourth-order valence-electron chi connectivity index (χ4n) is 2.68. The lowest BCUT2D eigenvalue weighted by Crippen LogP contribution is -2.29. The predicted molar refractivity (Wildman–Crippen MR) is 105 cm³/mol. The molecule has 0 aliphatic carbocycles. The highest BCUT2D eigenvalue weighted by molar-refractivity contribution is 5.67. The number of ether oxygens (including phenoxy) is 1. The summed E-state index contributed by atoms with van der Waals surface area (Å²) in [5.41, 5.74) is 10.3. The molecule has 0 heterocycles. The number of hydrogen-bond donors (Lipinski definition) is 2. The summed E-state index contributed by atoms with van der Waals surface area (Å²) in [5, 5.41) is 8.79. The van der Waals surface area contributed by atoms with Gasteiger partial charge in [0, 0.05) is 18.7 Å². The number of carboxylic acids is 1. The van der Waals surface area contributed by atoms with Crippen LogP contribution in [0.1, 0.15) is 23.1 Å². The maximum absolute atomic E-state index is 10.7. The molecule has 26 heavy (non-hydrogen) atoms. The number of hydrogen-bond acceptors (Lipinski definition) is 4. The minimum atomic E-state index is -0.778. The molecule has 2 aromatic rings. The standard InChI is InChI=1S/C19H24N2O3.C2H2/c1-14-11-15(6-10-19(22)23)5-9-18(14)21(13-20)12-16-3-7-17(24-2)8-4-16;1-2/h3-5,7-9,11H,6,10,12-13,20H2,1-2H3,(H,22,23);1-2H. The van der Waals surface area contributed by atoms with Gasteiger partial charge in [0.05, 0.1) is 13.8 Å². The molecule has 2 aromatic carbocycles. The van der Waals surface area contributed by atoms with E-state index in [4.69, 9.17) is 15.6 Å². The average molecular weight is 354 g/mol. The molecule has 138 valence electrons. The monoisotopic (exact) mass is 354 g/mol. The van der Waals surface area contributed by atoms with Crippen molar-refractivity contribution in [3.05, 3.63) is 59.2 Å². The molecule has 0 spiro atoms. The van der Waals surface area contributed by atoms with Crippen molar-refractivity contribution in [1.82, 2.24) is 0 Å². The molecule has 0 aromatic heterocycles. The lowest BCUT2D eigenvalue weighted by Gasteiger charge is -2.25. The second-order valence-corrected chi connectivity index (χ2v) is 5.74. The van der Waals surface area contributed by atoms with Gasteiger partial charge in [-0.15, -0.1) is 12.8 Å². The highest BCUT2D eigenvalue weighted by atomic mass is 16.5. The Kier molecular flexibility index (Phi) is 8.76. The summed E-state index contributed by atoms with van der Waals surface area (Å²) < 4.78 is 5.18. The average Bonchev–Trinajstić information content (AvgIpc) is 2.67. The first-order valence-electron chi connectivity index (χ1n) is 8.26. The van der Waals surface area contributed by atoms with Gasteiger partial charge in [-0.2, -0.15) is 0 Å². The Morgan fingerprint density at radius 3 is 2.27 bits per heavy atom. The third-order valence-corrected chi connectivity index (χ3v) is 3.98. The second-order valence-electron chi connectivity index (χ2n) is 5.74. The van der Waals surface area contributed by atoms with Crippen molar-refractivity contribution in [1.29, 1.82) is 0 Å². The van der Waals surface area contributed by atoms with Gasteiger partial charge < -0.3 is 20.5 Å². The van der Waals surface area contributed by atoms with Gasteiger partial charge in [-0.3, -0.25) is 4.79 Å². The van der Waals surface area contributed by atoms with Gasteiger partial charge >= 0.3 is 5.97 Å². The molecule has 0 saturated heterocycles. The molecule has 5 heteroatoms. The van der Waals surface area contributed by atoms with Crippen molar-refractivity contribution >= 4 is 11.7 Å². The van der Waals surface area contributed by atoms with E-state index in [0.29, 0.717) is 19.6 Å². The van der Waals surface area contributed by atoms with Gasteiger partial charge in [0.25, 0.3) is 0 Å². The minimum absolute atomic E-state index is 0.144. The van der Waals surface area contributed by atoms with E-state index >= 15 is 0 Å². The quantitative estimate of drug-likeness (QED) is 0.562. The van der Waals surface area contributed by atoms with Gasteiger partial charge in [-0.05, 0) is 48.2 Å². The fourth-order valence-corrected chi connectivity index (χ4v) is 2.68. The summed E-state index contributed by atoms with van der Waals surface area (Å²) in [4.78, 5) is 12.8. The van der Waals surface area contributed by atoms with Crippen LogP contribution in [0.15, 0.2) is 42.5 Å². The number of rotatable bonds is 8. The molecular weight excluding hydrogens is 328 g/mol. The van der Waals surface area contributed by atoms with Crippen LogP contribution in [0.2, 0.25) is 0 Å². The second kappa shape index (κ2) is 10.8. The molecule has 2 rings (SSSR count). The van der Waals surface area contributed by atoms with Crippen molar-refractivity contribution in [2.45, 2.75) is 26.3 Å². The number of carbonyl (C=O) groups is 1. The van der Waals surface area contributed by atoms with E-state index in [1.54, 1.807) is 7.11 Å². The van der Waals surface area contributed by atoms with Crippen LogP contribution in [0.4, 0.5) is 5.69 Å². The smallest absolute Gasteiger partial charge is 0.303 e. The van der Waals surface area contributed by atoms with E-state index in [2.05, 4.69) is 17.7 Å². The van der Waals surface area contributed by atoms with Crippen LogP contribution in [0.25, 0.3) is 0 Å². The van der Waals surface area contributed by atoms with E-state index in [1.807, 2.05) is 49.4 Å². The van der Waals surface area contributed by atoms with Gasteiger partial charge in [0.15, 0.2) is 0 Å². The largest absolute Gasteiger partial charge is 0.497 e. The number of aliphatic carboxylic acids is 1. The summed E-state index contributed by atoms with van der Waals surface area (Å²) in [6.07, 6.45) is 8.68. The summed E-state index contributed by atoms with van der Waals surface area (Å²) >= 11 is 0. The topological polar surface area (TPSA) is 75.8 Å². The molecule has 3 N–H and O–H groups in total. The Labute approximate surface area is 155 Å². The van der Waals surface area contributed by atoms with E-state index < -0.39 is 5.97 Å². The molecular formula is C21H26N2O3. The van der Waals surface area contributed by atoms with Crippen LogP contribution in [-0.4, -0.2) is 24.9 Å². The Morgan fingerprint density at radius 2 is 1.77 bits per heavy atom. The van der Waals surface area contributed by atoms with E-state index in [0.717, 1.165) is 28.1 Å². The highest BCUT2D eigenvalue weighted by Gasteiger charge is 2.10. The third-order valence-electron chi connectivity index (χ3n) is 3.98. The zero-order chi connectivity index (χ0) is 19.5. The molecule has 0 unspecified atom stereocenters. The van der Waals surface area contributed by atoms with Gasteiger partial charge in [-0.25, -0.2) is 0 Å². The molecule has 0 aliphatic heterocycles. The number of anilines is 1. The van der Waals surface area contributed by atoms with Crippen molar-refractivity contribution in [2.75, 3.05) is 18.7 Å². The van der Waals surface area contributed by atoms with Crippen molar-refractivity contribution in [3.8, 4) is 18.6 Å². The highest BCUT2D eigenvalue weighted by Crippen LogP contribution is 2.24. The number of methoxy groups -OCH3 is 1. The van der Waals surface area contributed by atoms with E-state index in [9.17, 15) is 4.79 Å². The van der Waals surface area contributed by atoms with E-state index in [-0.39, 0.29) is 6.42 Å². The number of nitrogens with two attached hydrogens (primary N) is 1. The van der Waals surface area contributed by atoms with Gasteiger partial charge in [-0.1, -0.05) is 24.3 Å². The number of carboxylic acid groups (broad SMARTS) is 1. The lowest BCUT2D eigenvalue weighted by atomic mass is 10.0. The molecule has 5 nitrogen and oxygen atoms in total. The summed E-state index contributed by atoms with van der Waals surface area (Å²) in [5.74, 6) is 0.0526. The Balaban J connectivity index is 0.00000163. The molecule has 0 amide bonds. The molecule has 0 bridgehead atoms. The van der Waals surface area contributed by atoms with Crippen LogP contribution in [0.3, 0.4) is 0 Å². The van der Waals surface area contributed by atoms with Crippen molar-refractivity contribution in [2.24, 2.45) is 5.73 Å². The first kappa shape index (κ1) is 21.1. The zero-order valence-electron chi connectivity index (χ0n) is 15.3. The molecule has 0 radical (unpaired) electrons. The Hall–Kier alpha value is -2.97. The van der Waals surface area contributed by atoms with E-state index in [1.165, 1.54) is 0 Å². The fraction of sp³-hybridized carbons (Fsp3) is 0.286. The molecule has 0 fully saturated rings. The predicted octanol–water partition coefficient (Wildman–Crippen LogP) is 3.19. The van der Waals surface area contributed by atoms with Crippen molar-refractivity contribution < 1.29 is 14.6 Å². The summed E-state index contributed by atoms with van der Waals surface area (Å²) in [7, 11) is 1.65. The van der Waals surface area contributed by atoms with Gasteiger partial charge in [0.1, 0.15) is 5.75 Å². The number of benzene rings is 2. The maximum Gasteiger partial charge on any atom is 0.303 e. The lowest BCUT2D eigenvalue weighted by molar-refractivity contribution is -0.136. The molecule has 0 aliphatic rings. The SMILES string of the molecule is C#C.COc1ccc(CN(CN)c2ccc(CCC(=O)O)cc2C)cc1. The van der Waals surface area contributed by atoms with Crippen LogP contribution >= 0.6 is 0 Å². The zero-order valence-corrected chi connectivity index (χ0v) is 15.3. The van der Waals surface area contributed by atoms with Crippen LogP contribution in [0, 0.1) is 19.8 Å². The number of terminal acetylenes is 1. The minimum Gasteiger partial charge on any atom is -0.497 e. The normalized spacial score (nSPS) is 9.73.